The highest BCUT2D eigenvalue weighted by molar-refractivity contribution is 6.02. The maximum absolute atomic E-state index is 12.4. The van der Waals surface area contributed by atoms with E-state index in [2.05, 4.69) is 6.07 Å². The van der Waals surface area contributed by atoms with E-state index < -0.39 is 0 Å². The molecule has 0 radical (unpaired) electrons. The van der Waals surface area contributed by atoms with Gasteiger partial charge in [0.15, 0.2) is 5.78 Å². The van der Waals surface area contributed by atoms with Crippen LogP contribution < -0.4 is 0 Å². The number of fused-ring (bicyclic) bond motifs is 1. The lowest BCUT2D eigenvalue weighted by Gasteiger charge is -2.32. The summed E-state index contributed by atoms with van der Waals surface area (Å²) >= 11 is 0. The molecule has 0 aromatic heterocycles. The highest BCUT2D eigenvalue weighted by Gasteiger charge is 2.43. The second-order valence-corrected chi connectivity index (χ2v) is 4.97. The van der Waals surface area contributed by atoms with Gasteiger partial charge in [-0.15, -0.1) is 0 Å². The molecule has 0 N–H and O–H groups in total. The highest BCUT2D eigenvalue weighted by Crippen LogP contribution is 2.47. The Morgan fingerprint density at radius 3 is 2.35 bits per heavy atom. The third-order valence-electron chi connectivity index (χ3n) is 4.18. The van der Waals surface area contributed by atoms with Crippen molar-refractivity contribution in [3.05, 3.63) is 35.4 Å². The van der Waals surface area contributed by atoms with Crippen LogP contribution in [0.1, 0.15) is 61.9 Å². The van der Waals surface area contributed by atoms with Crippen LogP contribution >= 0.6 is 0 Å². The lowest BCUT2D eigenvalue weighted by atomic mass is 9.69. The maximum Gasteiger partial charge on any atom is 0.169 e. The van der Waals surface area contributed by atoms with E-state index in [1.807, 2.05) is 32.0 Å². The predicted molar refractivity (Wildman–Crippen MR) is 71.3 cm³/mol. The SMILES string of the molecule is CC.O=C1c2ccccc2CCC12CCCC2. The number of hydrogen-bond acceptors (Lipinski definition) is 1. The van der Waals surface area contributed by atoms with Gasteiger partial charge in [-0.3, -0.25) is 4.79 Å². The molecule has 1 fully saturated rings. The van der Waals surface area contributed by atoms with Crippen molar-refractivity contribution >= 4 is 5.78 Å². The Morgan fingerprint density at radius 2 is 1.65 bits per heavy atom. The van der Waals surface area contributed by atoms with E-state index in [4.69, 9.17) is 0 Å². The minimum Gasteiger partial charge on any atom is -0.294 e. The van der Waals surface area contributed by atoms with E-state index in [9.17, 15) is 4.79 Å². The number of ketones is 1. The molecule has 2 aliphatic rings. The Bertz CT molecular complexity index is 400. The lowest BCUT2D eigenvalue weighted by Crippen LogP contribution is -2.33. The highest BCUT2D eigenvalue weighted by atomic mass is 16.1. The zero-order valence-corrected chi connectivity index (χ0v) is 11.0. The Kier molecular flexibility index (Phi) is 3.66. The van der Waals surface area contributed by atoms with Gasteiger partial charge >= 0.3 is 0 Å². The van der Waals surface area contributed by atoms with Gasteiger partial charge in [0.25, 0.3) is 0 Å². The molecule has 0 heterocycles. The molecule has 1 saturated carbocycles. The number of Topliss-reactive ketones (excluding diaryl/α,β-unsaturated/α-hetero) is 1. The summed E-state index contributed by atoms with van der Waals surface area (Å²) in [5, 5.41) is 0. The zero-order chi connectivity index (χ0) is 12.3. The molecule has 0 aliphatic heterocycles. The average Bonchev–Trinajstić information content (AvgIpc) is 2.87. The molecule has 0 unspecified atom stereocenters. The van der Waals surface area contributed by atoms with Gasteiger partial charge in [-0.25, -0.2) is 0 Å². The molecule has 0 bridgehead atoms. The van der Waals surface area contributed by atoms with Gasteiger partial charge in [0.2, 0.25) is 0 Å². The van der Waals surface area contributed by atoms with Crippen molar-refractivity contribution < 1.29 is 4.79 Å². The van der Waals surface area contributed by atoms with Crippen LogP contribution in [0.2, 0.25) is 0 Å². The monoisotopic (exact) mass is 230 g/mol. The number of rotatable bonds is 0. The molecule has 0 saturated heterocycles. The molecule has 1 nitrogen and oxygen atoms in total. The summed E-state index contributed by atoms with van der Waals surface area (Å²) in [6.45, 7) is 4.00. The first-order chi connectivity index (χ1) is 8.32. The van der Waals surface area contributed by atoms with Crippen LogP contribution in [0.4, 0.5) is 0 Å². The summed E-state index contributed by atoms with van der Waals surface area (Å²) in [7, 11) is 0. The molecule has 0 atom stereocenters. The Hall–Kier alpha value is -1.11. The number of benzene rings is 1. The van der Waals surface area contributed by atoms with E-state index in [-0.39, 0.29) is 5.41 Å². The van der Waals surface area contributed by atoms with E-state index in [1.165, 1.54) is 18.4 Å². The topological polar surface area (TPSA) is 17.1 Å². The zero-order valence-electron chi connectivity index (χ0n) is 11.0. The van der Waals surface area contributed by atoms with Crippen LogP contribution in [0.5, 0.6) is 0 Å². The van der Waals surface area contributed by atoms with Crippen LogP contribution in [0.3, 0.4) is 0 Å². The first kappa shape index (κ1) is 12.3. The first-order valence-electron chi connectivity index (χ1n) is 6.95. The van der Waals surface area contributed by atoms with Gasteiger partial charge in [0.1, 0.15) is 0 Å². The second-order valence-electron chi connectivity index (χ2n) is 4.97. The molecular weight excluding hydrogens is 208 g/mol. The van der Waals surface area contributed by atoms with E-state index in [0.29, 0.717) is 5.78 Å². The largest absolute Gasteiger partial charge is 0.294 e. The number of aryl methyl sites for hydroxylation is 1. The van der Waals surface area contributed by atoms with Gasteiger partial charge in [0.05, 0.1) is 0 Å². The summed E-state index contributed by atoms with van der Waals surface area (Å²) in [4.78, 5) is 12.4. The third kappa shape index (κ3) is 2.03. The fourth-order valence-electron chi connectivity index (χ4n) is 3.26. The van der Waals surface area contributed by atoms with Crippen molar-refractivity contribution in [2.75, 3.05) is 0 Å². The predicted octanol–water partition coefficient (Wildman–Crippen LogP) is 4.40. The van der Waals surface area contributed by atoms with Gasteiger partial charge in [-0.2, -0.15) is 0 Å². The molecule has 17 heavy (non-hydrogen) atoms. The maximum atomic E-state index is 12.4. The van der Waals surface area contributed by atoms with Crippen molar-refractivity contribution in [3.8, 4) is 0 Å². The quantitative estimate of drug-likeness (QED) is 0.645. The number of hydrogen-bond donors (Lipinski definition) is 0. The molecular formula is C16H22O. The third-order valence-corrected chi connectivity index (χ3v) is 4.18. The molecule has 3 rings (SSSR count). The molecule has 1 spiro atoms. The smallest absolute Gasteiger partial charge is 0.169 e. The Balaban J connectivity index is 0.000000514. The van der Waals surface area contributed by atoms with Crippen molar-refractivity contribution in [2.45, 2.75) is 52.4 Å². The van der Waals surface area contributed by atoms with Gasteiger partial charge in [0, 0.05) is 11.0 Å². The summed E-state index contributed by atoms with van der Waals surface area (Å²) in [5.41, 5.74) is 2.31. The molecule has 0 amide bonds. The number of carbonyl (C=O) groups is 1. The summed E-state index contributed by atoms with van der Waals surface area (Å²) in [6, 6.07) is 8.15. The molecule has 1 aromatic carbocycles. The van der Waals surface area contributed by atoms with Gasteiger partial charge < -0.3 is 0 Å². The van der Waals surface area contributed by atoms with Gasteiger partial charge in [-0.1, -0.05) is 51.0 Å². The minimum atomic E-state index is 0.0361. The van der Waals surface area contributed by atoms with Crippen LogP contribution in [0.25, 0.3) is 0 Å². The Labute approximate surface area is 104 Å². The van der Waals surface area contributed by atoms with E-state index >= 15 is 0 Å². The van der Waals surface area contributed by atoms with Crippen LogP contribution in [-0.2, 0) is 6.42 Å². The van der Waals surface area contributed by atoms with Crippen LogP contribution in [0.15, 0.2) is 24.3 Å². The standard InChI is InChI=1S/C14H16O.C2H6/c15-13-12-6-2-1-5-11(12)7-10-14(13)8-3-4-9-14;1-2/h1-2,5-6H,3-4,7-10H2;1-2H3. The molecule has 1 heteroatoms. The fourth-order valence-corrected chi connectivity index (χ4v) is 3.26. The summed E-state index contributed by atoms with van der Waals surface area (Å²) < 4.78 is 0. The minimum absolute atomic E-state index is 0.0361. The van der Waals surface area contributed by atoms with Gasteiger partial charge in [-0.05, 0) is 31.2 Å². The van der Waals surface area contributed by atoms with E-state index in [1.54, 1.807) is 0 Å². The summed E-state index contributed by atoms with van der Waals surface area (Å²) in [5.74, 6) is 0.432. The van der Waals surface area contributed by atoms with E-state index in [0.717, 1.165) is 31.2 Å². The van der Waals surface area contributed by atoms with Crippen molar-refractivity contribution in [3.63, 3.8) is 0 Å². The second kappa shape index (κ2) is 5.03. The van der Waals surface area contributed by atoms with Crippen LogP contribution in [0, 0.1) is 5.41 Å². The molecule has 2 aliphatic carbocycles. The first-order valence-corrected chi connectivity index (χ1v) is 6.95. The Morgan fingerprint density at radius 1 is 1.00 bits per heavy atom. The van der Waals surface area contributed by atoms with Crippen molar-refractivity contribution in [2.24, 2.45) is 5.41 Å². The molecule has 1 aromatic rings. The van der Waals surface area contributed by atoms with Crippen LogP contribution in [-0.4, -0.2) is 5.78 Å². The summed E-state index contributed by atoms with van der Waals surface area (Å²) in [6.07, 6.45) is 6.92. The normalized spacial score (nSPS) is 20.7. The van der Waals surface area contributed by atoms with Crippen molar-refractivity contribution in [1.29, 1.82) is 0 Å². The average molecular weight is 230 g/mol. The molecule has 92 valence electrons. The lowest BCUT2D eigenvalue weighted by molar-refractivity contribution is 0.0765. The fraction of sp³-hybridized carbons (Fsp3) is 0.562. The van der Waals surface area contributed by atoms with Crippen molar-refractivity contribution in [1.82, 2.24) is 0 Å². The number of carbonyl (C=O) groups excluding carboxylic acids is 1.